The standard InChI is InChI=1S/C17H25BrN2O/c1-3-9-17(10-6-11-19-12-17)16(21)20-13(2)14-7-4-5-8-15(14)18/h4-5,7-8,13,19H,3,6,9-12H2,1-2H3,(H,20,21)/t13-,17?/m0/s1. The Hall–Kier alpha value is -0.870. The van der Waals surface area contributed by atoms with Crippen LogP contribution in [-0.4, -0.2) is 19.0 Å². The highest BCUT2D eigenvalue weighted by Gasteiger charge is 2.39. The SMILES string of the molecule is CCCC1(C(=O)N[C@@H](C)c2ccccc2Br)CCCNC1. The molecule has 2 N–H and O–H groups in total. The first-order chi connectivity index (χ1) is 10.1. The van der Waals surface area contributed by atoms with Gasteiger partial charge in [0.15, 0.2) is 0 Å². The van der Waals surface area contributed by atoms with Crippen LogP contribution in [0.2, 0.25) is 0 Å². The lowest BCUT2D eigenvalue weighted by molar-refractivity contribution is -0.133. The van der Waals surface area contributed by atoms with Crippen molar-refractivity contribution in [1.29, 1.82) is 0 Å². The van der Waals surface area contributed by atoms with E-state index in [4.69, 9.17) is 0 Å². The first kappa shape index (κ1) is 16.5. The molecule has 1 aromatic carbocycles. The number of carbonyl (C=O) groups is 1. The molecule has 0 spiro atoms. The Balaban J connectivity index is 2.10. The minimum Gasteiger partial charge on any atom is -0.349 e. The van der Waals surface area contributed by atoms with Crippen molar-refractivity contribution in [2.75, 3.05) is 13.1 Å². The predicted molar refractivity (Wildman–Crippen MR) is 90.1 cm³/mol. The molecule has 1 aromatic rings. The highest BCUT2D eigenvalue weighted by molar-refractivity contribution is 9.10. The zero-order valence-electron chi connectivity index (χ0n) is 12.9. The smallest absolute Gasteiger partial charge is 0.227 e. The van der Waals surface area contributed by atoms with E-state index in [0.29, 0.717) is 0 Å². The van der Waals surface area contributed by atoms with Gasteiger partial charge in [0.1, 0.15) is 0 Å². The maximum atomic E-state index is 12.8. The van der Waals surface area contributed by atoms with Crippen molar-refractivity contribution in [3.8, 4) is 0 Å². The van der Waals surface area contributed by atoms with Crippen LogP contribution in [0.25, 0.3) is 0 Å². The summed E-state index contributed by atoms with van der Waals surface area (Å²) in [7, 11) is 0. The van der Waals surface area contributed by atoms with Gasteiger partial charge in [-0.05, 0) is 44.4 Å². The lowest BCUT2D eigenvalue weighted by atomic mass is 9.76. The van der Waals surface area contributed by atoms with Gasteiger partial charge >= 0.3 is 0 Å². The average molecular weight is 353 g/mol. The van der Waals surface area contributed by atoms with E-state index in [2.05, 4.69) is 39.6 Å². The molecule has 116 valence electrons. The van der Waals surface area contributed by atoms with Crippen molar-refractivity contribution in [1.82, 2.24) is 10.6 Å². The number of hydrogen-bond donors (Lipinski definition) is 2. The van der Waals surface area contributed by atoms with Crippen molar-refractivity contribution < 1.29 is 4.79 Å². The second kappa shape index (κ2) is 7.41. The molecule has 21 heavy (non-hydrogen) atoms. The van der Waals surface area contributed by atoms with Gasteiger partial charge in [-0.3, -0.25) is 4.79 Å². The Kier molecular flexibility index (Phi) is 5.82. The van der Waals surface area contributed by atoms with Gasteiger partial charge in [-0.25, -0.2) is 0 Å². The number of piperidine rings is 1. The number of rotatable bonds is 5. The third kappa shape index (κ3) is 3.86. The summed E-state index contributed by atoms with van der Waals surface area (Å²) >= 11 is 3.56. The molecule has 1 amide bonds. The zero-order valence-corrected chi connectivity index (χ0v) is 14.5. The lowest BCUT2D eigenvalue weighted by Gasteiger charge is -2.37. The fraction of sp³-hybridized carbons (Fsp3) is 0.588. The van der Waals surface area contributed by atoms with Crippen molar-refractivity contribution in [2.45, 2.75) is 45.6 Å². The molecular weight excluding hydrogens is 328 g/mol. The molecule has 1 unspecified atom stereocenters. The molecule has 1 aliphatic heterocycles. The molecule has 1 saturated heterocycles. The van der Waals surface area contributed by atoms with Gasteiger partial charge < -0.3 is 10.6 Å². The van der Waals surface area contributed by atoms with Crippen LogP contribution in [0.1, 0.15) is 51.1 Å². The largest absolute Gasteiger partial charge is 0.349 e. The van der Waals surface area contributed by atoms with E-state index in [0.717, 1.165) is 48.8 Å². The molecule has 0 radical (unpaired) electrons. The number of benzene rings is 1. The molecular formula is C17H25BrN2O. The van der Waals surface area contributed by atoms with Crippen molar-refractivity contribution >= 4 is 21.8 Å². The first-order valence-corrected chi connectivity index (χ1v) is 8.64. The van der Waals surface area contributed by atoms with Gasteiger partial charge in [-0.15, -0.1) is 0 Å². The number of amides is 1. The summed E-state index contributed by atoms with van der Waals surface area (Å²) in [6.07, 6.45) is 4.06. The first-order valence-electron chi connectivity index (χ1n) is 7.85. The molecule has 3 nitrogen and oxygen atoms in total. The van der Waals surface area contributed by atoms with Crippen molar-refractivity contribution in [3.63, 3.8) is 0 Å². The van der Waals surface area contributed by atoms with Crippen molar-refractivity contribution in [3.05, 3.63) is 34.3 Å². The quantitative estimate of drug-likeness (QED) is 0.846. The Bertz CT molecular complexity index is 478. The number of halogens is 1. The van der Waals surface area contributed by atoms with Gasteiger partial charge in [-0.1, -0.05) is 47.5 Å². The molecule has 4 heteroatoms. The van der Waals surface area contributed by atoms with E-state index < -0.39 is 0 Å². The summed E-state index contributed by atoms with van der Waals surface area (Å²) in [5.41, 5.74) is 0.893. The van der Waals surface area contributed by atoms with Crippen LogP contribution in [0.5, 0.6) is 0 Å². The van der Waals surface area contributed by atoms with E-state index in [1.165, 1.54) is 0 Å². The van der Waals surface area contributed by atoms with E-state index in [1.54, 1.807) is 0 Å². The van der Waals surface area contributed by atoms with Gasteiger partial charge in [0.2, 0.25) is 5.91 Å². The molecule has 0 aromatic heterocycles. The van der Waals surface area contributed by atoms with Crippen LogP contribution >= 0.6 is 15.9 Å². The molecule has 1 heterocycles. The Morgan fingerprint density at radius 3 is 2.86 bits per heavy atom. The highest BCUT2D eigenvalue weighted by atomic mass is 79.9. The number of nitrogens with one attached hydrogen (secondary N) is 2. The summed E-state index contributed by atoms with van der Waals surface area (Å²) in [5, 5.41) is 6.62. The predicted octanol–water partition coefficient (Wildman–Crippen LogP) is 3.80. The summed E-state index contributed by atoms with van der Waals surface area (Å²) < 4.78 is 1.05. The fourth-order valence-corrected chi connectivity index (χ4v) is 3.85. The molecule has 0 aliphatic carbocycles. The van der Waals surface area contributed by atoms with Gasteiger partial charge in [0.25, 0.3) is 0 Å². The van der Waals surface area contributed by atoms with Crippen molar-refractivity contribution in [2.24, 2.45) is 5.41 Å². The maximum absolute atomic E-state index is 12.8. The zero-order chi connectivity index (χ0) is 15.3. The Morgan fingerprint density at radius 2 is 2.24 bits per heavy atom. The fourth-order valence-electron chi connectivity index (χ4n) is 3.22. The molecule has 2 rings (SSSR count). The molecule has 1 fully saturated rings. The Morgan fingerprint density at radius 1 is 1.48 bits per heavy atom. The van der Waals surface area contributed by atoms with Crippen LogP contribution in [0, 0.1) is 5.41 Å². The maximum Gasteiger partial charge on any atom is 0.227 e. The second-order valence-corrected chi connectivity index (χ2v) is 6.88. The van der Waals surface area contributed by atoms with E-state index >= 15 is 0 Å². The minimum atomic E-state index is -0.234. The van der Waals surface area contributed by atoms with Crippen LogP contribution in [0.15, 0.2) is 28.7 Å². The molecule has 0 bridgehead atoms. The van der Waals surface area contributed by atoms with Crippen LogP contribution in [-0.2, 0) is 4.79 Å². The summed E-state index contributed by atoms with van der Waals surface area (Å²) in [4.78, 5) is 12.8. The van der Waals surface area contributed by atoms with E-state index in [9.17, 15) is 4.79 Å². The monoisotopic (exact) mass is 352 g/mol. The summed E-state index contributed by atoms with van der Waals surface area (Å²) in [5.74, 6) is 0.194. The lowest BCUT2D eigenvalue weighted by Crippen LogP contribution is -2.50. The summed E-state index contributed by atoms with van der Waals surface area (Å²) in [6.45, 7) is 6.03. The number of carbonyl (C=O) groups excluding carboxylic acids is 1. The van der Waals surface area contributed by atoms with Crippen LogP contribution in [0.3, 0.4) is 0 Å². The summed E-state index contributed by atoms with van der Waals surface area (Å²) in [6, 6.07) is 8.09. The van der Waals surface area contributed by atoms with E-state index in [-0.39, 0.29) is 17.4 Å². The minimum absolute atomic E-state index is 0.0173. The third-order valence-corrected chi connectivity index (χ3v) is 5.12. The third-order valence-electron chi connectivity index (χ3n) is 4.40. The Labute approximate surface area is 136 Å². The normalized spacial score (nSPS) is 23.6. The second-order valence-electron chi connectivity index (χ2n) is 6.03. The van der Waals surface area contributed by atoms with Gasteiger partial charge in [0.05, 0.1) is 11.5 Å². The van der Waals surface area contributed by atoms with Crippen LogP contribution in [0.4, 0.5) is 0 Å². The molecule has 0 saturated carbocycles. The highest BCUT2D eigenvalue weighted by Crippen LogP contribution is 2.33. The average Bonchev–Trinajstić information content (AvgIpc) is 2.48. The van der Waals surface area contributed by atoms with Gasteiger partial charge in [-0.2, -0.15) is 0 Å². The van der Waals surface area contributed by atoms with E-state index in [1.807, 2.05) is 25.1 Å². The molecule has 1 aliphatic rings. The van der Waals surface area contributed by atoms with Crippen LogP contribution < -0.4 is 10.6 Å². The number of hydrogen-bond acceptors (Lipinski definition) is 2. The molecule has 2 atom stereocenters. The van der Waals surface area contributed by atoms with Gasteiger partial charge in [0, 0.05) is 11.0 Å². The topological polar surface area (TPSA) is 41.1 Å².